The van der Waals surface area contributed by atoms with Crippen molar-refractivity contribution in [2.24, 2.45) is 5.10 Å². The van der Waals surface area contributed by atoms with E-state index in [1.54, 1.807) is 54.6 Å². The number of alkyl halides is 3. The maximum atomic E-state index is 13.7. The van der Waals surface area contributed by atoms with E-state index in [0.29, 0.717) is 32.9 Å². The number of halogens is 4. The molecule has 0 bridgehead atoms. The second kappa shape index (κ2) is 12.3. The number of rotatable bonds is 7. The van der Waals surface area contributed by atoms with Gasteiger partial charge in [0.2, 0.25) is 0 Å². The highest BCUT2D eigenvalue weighted by Gasteiger charge is 2.31. The molecule has 0 atom stereocenters. The second-order valence-corrected chi connectivity index (χ2v) is 10.4. The zero-order valence-corrected chi connectivity index (χ0v) is 24.0. The molecule has 7 nitrogen and oxygen atoms in total. The molecule has 0 unspecified atom stereocenters. The molecule has 6 aromatic rings. The highest BCUT2D eigenvalue weighted by molar-refractivity contribution is 6.30. The van der Waals surface area contributed by atoms with Crippen molar-refractivity contribution in [2.45, 2.75) is 6.18 Å². The SMILES string of the molecule is O=C(COc1ccc2ccccc2c1C=Nn1c(-c2cccc(C(F)(F)F)c2)nc2ccccc2c1=O)Nc1ccc(Cl)cc1. The summed E-state index contributed by atoms with van der Waals surface area (Å²) in [4.78, 5) is 30.9. The van der Waals surface area contributed by atoms with Crippen LogP contribution >= 0.6 is 11.6 Å². The van der Waals surface area contributed by atoms with Crippen molar-refractivity contribution in [1.82, 2.24) is 9.66 Å². The number of anilines is 1. The number of nitrogens with zero attached hydrogens (tertiary/aromatic N) is 3. The van der Waals surface area contributed by atoms with Crippen LogP contribution in [0.5, 0.6) is 5.75 Å². The van der Waals surface area contributed by atoms with Crippen LogP contribution in [0.4, 0.5) is 18.9 Å². The lowest BCUT2D eigenvalue weighted by Gasteiger charge is -2.14. The number of carbonyl (C=O) groups excluding carboxylic acids is 1. The number of hydrogen-bond donors (Lipinski definition) is 1. The highest BCUT2D eigenvalue weighted by atomic mass is 35.5. The number of amides is 1. The van der Waals surface area contributed by atoms with E-state index in [-0.39, 0.29) is 23.4 Å². The number of benzene rings is 5. The van der Waals surface area contributed by atoms with E-state index < -0.39 is 23.2 Å². The van der Waals surface area contributed by atoms with Gasteiger partial charge in [-0.25, -0.2) is 4.98 Å². The molecule has 1 heterocycles. The standard InChI is InChI=1S/C34H22ClF3N4O3/c35-24-13-15-25(16-14-24)40-31(43)20-45-30-17-12-21-6-1-2-9-26(21)28(30)19-39-42-32(22-7-5-8-23(18-22)34(36,37)38)41-29-11-4-3-10-27(29)33(42)44/h1-19H,20H2,(H,40,43). The Balaban J connectivity index is 1.42. The Kier molecular flexibility index (Phi) is 8.06. The van der Waals surface area contributed by atoms with E-state index in [2.05, 4.69) is 15.4 Å². The van der Waals surface area contributed by atoms with Gasteiger partial charge < -0.3 is 10.1 Å². The minimum Gasteiger partial charge on any atom is -0.483 e. The van der Waals surface area contributed by atoms with E-state index >= 15 is 0 Å². The number of carbonyl (C=O) groups is 1. The molecule has 0 aliphatic rings. The first-order valence-corrected chi connectivity index (χ1v) is 14.0. The molecule has 0 spiro atoms. The summed E-state index contributed by atoms with van der Waals surface area (Å²) in [6.45, 7) is -0.339. The average Bonchev–Trinajstić information content (AvgIpc) is 3.04. The van der Waals surface area contributed by atoms with Crippen LogP contribution in [0.25, 0.3) is 33.1 Å². The molecule has 0 saturated heterocycles. The van der Waals surface area contributed by atoms with Crippen molar-refractivity contribution < 1.29 is 22.7 Å². The van der Waals surface area contributed by atoms with Crippen LogP contribution in [0.2, 0.25) is 5.02 Å². The van der Waals surface area contributed by atoms with Crippen LogP contribution in [0.3, 0.4) is 0 Å². The Bertz CT molecular complexity index is 2140. The largest absolute Gasteiger partial charge is 0.483 e. The quantitative estimate of drug-likeness (QED) is 0.183. The first-order chi connectivity index (χ1) is 21.7. The molecule has 1 amide bonds. The lowest BCUT2D eigenvalue weighted by atomic mass is 10.0. The number of nitrogens with one attached hydrogen (secondary N) is 1. The average molecular weight is 627 g/mol. The summed E-state index contributed by atoms with van der Waals surface area (Å²) in [7, 11) is 0. The number of ether oxygens (including phenoxy) is 1. The fourth-order valence-electron chi connectivity index (χ4n) is 4.78. The zero-order valence-electron chi connectivity index (χ0n) is 23.3. The Morgan fingerprint density at radius 2 is 1.64 bits per heavy atom. The molecule has 1 aromatic heterocycles. The van der Waals surface area contributed by atoms with Crippen molar-refractivity contribution in [3.63, 3.8) is 0 Å². The minimum absolute atomic E-state index is 0.0538. The Hall–Kier alpha value is -5.48. The lowest BCUT2D eigenvalue weighted by molar-refractivity contribution is -0.137. The molecule has 11 heteroatoms. The monoisotopic (exact) mass is 626 g/mol. The Labute approximate surface area is 259 Å². The molecule has 0 aliphatic carbocycles. The molecule has 224 valence electrons. The van der Waals surface area contributed by atoms with E-state index in [0.717, 1.165) is 22.2 Å². The summed E-state index contributed by atoms with van der Waals surface area (Å²) in [5.41, 5.74) is -0.116. The molecule has 5 aromatic carbocycles. The molecule has 6 rings (SSSR count). The van der Waals surface area contributed by atoms with Crippen molar-refractivity contribution >= 4 is 51.1 Å². The van der Waals surface area contributed by atoms with Gasteiger partial charge in [0.1, 0.15) is 5.75 Å². The molecule has 0 aliphatic heterocycles. The predicted molar refractivity (Wildman–Crippen MR) is 169 cm³/mol. The maximum Gasteiger partial charge on any atom is 0.416 e. The molecule has 45 heavy (non-hydrogen) atoms. The minimum atomic E-state index is -4.60. The molecule has 0 fully saturated rings. The van der Waals surface area contributed by atoms with Crippen molar-refractivity contribution in [1.29, 1.82) is 0 Å². The van der Waals surface area contributed by atoms with Crippen LogP contribution in [0.1, 0.15) is 11.1 Å². The Morgan fingerprint density at radius 1 is 0.911 bits per heavy atom. The maximum absolute atomic E-state index is 13.7. The van der Waals surface area contributed by atoms with Gasteiger partial charge in [0.15, 0.2) is 12.4 Å². The smallest absolute Gasteiger partial charge is 0.416 e. The zero-order chi connectivity index (χ0) is 31.6. The first kappa shape index (κ1) is 29.6. The van der Waals surface area contributed by atoms with Gasteiger partial charge in [-0.15, -0.1) is 0 Å². The van der Waals surface area contributed by atoms with Crippen LogP contribution in [0.15, 0.2) is 119 Å². The fourth-order valence-corrected chi connectivity index (χ4v) is 4.90. The van der Waals surface area contributed by atoms with Crippen LogP contribution < -0.4 is 15.6 Å². The molecule has 0 radical (unpaired) electrons. The summed E-state index contributed by atoms with van der Waals surface area (Å²) in [6, 6.07) is 28.5. The Morgan fingerprint density at radius 3 is 2.42 bits per heavy atom. The van der Waals surface area contributed by atoms with E-state index in [9.17, 15) is 22.8 Å². The van der Waals surface area contributed by atoms with E-state index in [4.69, 9.17) is 16.3 Å². The summed E-state index contributed by atoms with van der Waals surface area (Å²) < 4.78 is 47.6. The fraction of sp³-hybridized carbons (Fsp3) is 0.0588. The predicted octanol–water partition coefficient (Wildman–Crippen LogP) is 7.79. The summed E-state index contributed by atoms with van der Waals surface area (Å²) >= 11 is 5.92. The van der Waals surface area contributed by atoms with Crippen molar-refractivity contribution in [3.8, 4) is 17.1 Å². The summed E-state index contributed by atoms with van der Waals surface area (Å²) in [5, 5.41) is 9.48. The van der Waals surface area contributed by atoms with Crippen LogP contribution in [0, 0.1) is 0 Å². The third-order valence-corrected chi connectivity index (χ3v) is 7.17. The number of aromatic nitrogens is 2. The van der Waals surface area contributed by atoms with Crippen LogP contribution in [-0.4, -0.2) is 28.4 Å². The van der Waals surface area contributed by atoms with E-state index in [1.165, 1.54) is 18.3 Å². The van der Waals surface area contributed by atoms with Crippen LogP contribution in [-0.2, 0) is 11.0 Å². The van der Waals surface area contributed by atoms with Crippen molar-refractivity contribution in [2.75, 3.05) is 11.9 Å². The topological polar surface area (TPSA) is 85.6 Å². The lowest BCUT2D eigenvalue weighted by Crippen LogP contribution is -2.21. The van der Waals surface area contributed by atoms with Gasteiger partial charge in [-0.3, -0.25) is 9.59 Å². The van der Waals surface area contributed by atoms with Gasteiger partial charge in [-0.2, -0.15) is 22.9 Å². The first-order valence-electron chi connectivity index (χ1n) is 13.6. The number of para-hydroxylation sites is 1. The van der Waals surface area contributed by atoms with Gasteiger partial charge in [0.25, 0.3) is 11.5 Å². The van der Waals surface area contributed by atoms with Gasteiger partial charge in [-0.1, -0.05) is 66.2 Å². The van der Waals surface area contributed by atoms with Crippen molar-refractivity contribution in [3.05, 3.63) is 136 Å². The van der Waals surface area contributed by atoms with Gasteiger partial charge in [0, 0.05) is 21.8 Å². The highest BCUT2D eigenvalue weighted by Crippen LogP contribution is 2.32. The summed E-state index contributed by atoms with van der Waals surface area (Å²) in [6.07, 6.45) is -3.22. The third-order valence-electron chi connectivity index (χ3n) is 6.92. The molecular formula is C34H22ClF3N4O3. The normalized spacial score (nSPS) is 11.7. The number of hydrogen-bond acceptors (Lipinski definition) is 5. The van der Waals surface area contributed by atoms with Gasteiger partial charge >= 0.3 is 6.18 Å². The summed E-state index contributed by atoms with van der Waals surface area (Å²) in [5.74, 6) is -0.202. The molecule has 0 saturated carbocycles. The molecular weight excluding hydrogens is 605 g/mol. The third kappa shape index (κ3) is 6.41. The number of fused-ring (bicyclic) bond motifs is 2. The second-order valence-electron chi connectivity index (χ2n) is 9.93. The van der Waals surface area contributed by atoms with Gasteiger partial charge in [-0.05, 0) is 65.4 Å². The van der Waals surface area contributed by atoms with E-state index in [1.807, 2.05) is 30.3 Å². The van der Waals surface area contributed by atoms with Gasteiger partial charge in [0.05, 0.1) is 22.7 Å². The molecule has 1 N–H and O–H groups in total.